The summed E-state index contributed by atoms with van der Waals surface area (Å²) in [6, 6.07) is 10.3. The van der Waals surface area contributed by atoms with E-state index in [1.165, 1.54) is 13.2 Å². The van der Waals surface area contributed by atoms with E-state index in [1.807, 2.05) is 18.2 Å². The van der Waals surface area contributed by atoms with Crippen molar-refractivity contribution in [3.8, 4) is 5.75 Å². The van der Waals surface area contributed by atoms with Gasteiger partial charge in [0.25, 0.3) is 0 Å². The van der Waals surface area contributed by atoms with Crippen molar-refractivity contribution < 1.29 is 9.13 Å². The molecule has 0 amide bonds. The van der Waals surface area contributed by atoms with E-state index >= 15 is 0 Å². The molecule has 0 atom stereocenters. The van der Waals surface area contributed by atoms with Crippen LogP contribution in [0.25, 0.3) is 0 Å². The summed E-state index contributed by atoms with van der Waals surface area (Å²) in [4.78, 5) is 4.11. The van der Waals surface area contributed by atoms with E-state index in [9.17, 15) is 4.39 Å². The molecule has 2 aromatic rings. The van der Waals surface area contributed by atoms with Crippen LogP contribution < -0.4 is 15.4 Å². The van der Waals surface area contributed by atoms with Gasteiger partial charge in [-0.15, -0.1) is 0 Å². The van der Waals surface area contributed by atoms with E-state index in [1.54, 1.807) is 18.3 Å². The molecular weight excluding hydrogens is 289 g/mol. The minimum absolute atomic E-state index is 0.278. The number of nitrogens with one attached hydrogen (secondary N) is 2. The normalized spacial score (nSPS) is 10.0. The van der Waals surface area contributed by atoms with Crippen molar-refractivity contribution in [1.82, 2.24) is 10.3 Å². The van der Waals surface area contributed by atoms with Gasteiger partial charge in [-0.25, -0.2) is 9.37 Å². The summed E-state index contributed by atoms with van der Waals surface area (Å²) >= 11 is 5.16. The van der Waals surface area contributed by atoms with Crippen LogP contribution in [0.1, 0.15) is 5.56 Å². The lowest BCUT2D eigenvalue weighted by Crippen LogP contribution is -2.30. The van der Waals surface area contributed by atoms with Crippen molar-refractivity contribution in [3.63, 3.8) is 0 Å². The summed E-state index contributed by atoms with van der Waals surface area (Å²) in [5.41, 5.74) is 0.535. The van der Waals surface area contributed by atoms with E-state index in [4.69, 9.17) is 17.0 Å². The van der Waals surface area contributed by atoms with Gasteiger partial charge in [0.1, 0.15) is 17.4 Å². The van der Waals surface area contributed by atoms with Gasteiger partial charge in [0, 0.05) is 18.3 Å². The van der Waals surface area contributed by atoms with Crippen molar-refractivity contribution in [2.24, 2.45) is 0 Å². The van der Waals surface area contributed by atoms with Gasteiger partial charge in [-0.05, 0) is 42.9 Å². The molecule has 1 aromatic heterocycles. The van der Waals surface area contributed by atoms with Gasteiger partial charge in [0.15, 0.2) is 5.11 Å². The number of anilines is 1. The van der Waals surface area contributed by atoms with Crippen molar-refractivity contribution in [2.45, 2.75) is 6.42 Å². The summed E-state index contributed by atoms with van der Waals surface area (Å²) in [6.45, 7) is 0.496. The summed E-state index contributed by atoms with van der Waals surface area (Å²) in [5.74, 6) is 0.929. The highest BCUT2D eigenvalue weighted by molar-refractivity contribution is 7.80. The summed E-state index contributed by atoms with van der Waals surface area (Å²) in [5, 5.41) is 6.42. The third-order valence-electron chi connectivity index (χ3n) is 2.86. The van der Waals surface area contributed by atoms with Crippen LogP contribution in [0.15, 0.2) is 42.6 Å². The molecule has 6 heteroatoms. The Bertz CT molecular complexity index is 607. The van der Waals surface area contributed by atoms with Crippen molar-refractivity contribution in [2.75, 3.05) is 19.0 Å². The monoisotopic (exact) mass is 305 g/mol. The quantitative estimate of drug-likeness (QED) is 0.832. The Hall–Kier alpha value is -2.21. The van der Waals surface area contributed by atoms with Crippen LogP contribution in [0.4, 0.5) is 10.2 Å². The Kier molecular flexibility index (Phi) is 5.45. The van der Waals surface area contributed by atoms with Crippen LogP contribution in [0.5, 0.6) is 5.75 Å². The average molecular weight is 305 g/mol. The molecule has 0 bridgehead atoms. The number of hydrogen-bond acceptors (Lipinski definition) is 3. The number of nitrogens with zero attached hydrogens (tertiary/aromatic N) is 1. The zero-order chi connectivity index (χ0) is 15.1. The minimum Gasteiger partial charge on any atom is -0.496 e. The fraction of sp³-hybridized carbons (Fsp3) is 0.200. The zero-order valence-electron chi connectivity index (χ0n) is 11.6. The largest absolute Gasteiger partial charge is 0.496 e. The third-order valence-corrected chi connectivity index (χ3v) is 3.11. The average Bonchev–Trinajstić information content (AvgIpc) is 2.49. The molecule has 0 radical (unpaired) electrons. The number of benzene rings is 1. The lowest BCUT2D eigenvalue weighted by molar-refractivity contribution is 0.404. The molecule has 1 aromatic carbocycles. The molecule has 0 saturated carbocycles. The number of ether oxygens (including phenoxy) is 1. The molecule has 110 valence electrons. The number of aromatic nitrogens is 1. The number of rotatable bonds is 5. The van der Waals surface area contributed by atoms with Gasteiger partial charge >= 0.3 is 0 Å². The second-order valence-corrected chi connectivity index (χ2v) is 4.67. The third kappa shape index (κ3) is 4.39. The van der Waals surface area contributed by atoms with Gasteiger partial charge in [-0.3, -0.25) is 0 Å². The van der Waals surface area contributed by atoms with Gasteiger partial charge in [0.05, 0.1) is 7.11 Å². The molecular formula is C15H16FN3OS. The van der Waals surface area contributed by atoms with Crippen LogP contribution in [-0.2, 0) is 6.42 Å². The Labute approximate surface area is 128 Å². The molecule has 0 aliphatic heterocycles. The first-order valence-corrected chi connectivity index (χ1v) is 6.89. The summed E-state index contributed by atoms with van der Waals surface area (Å²) in [6.07, 6.45) is 2.15. The summed E-state index contributed by atoms with van der Waals surface area (Å²) < 4.78 is 18.9. The molecule has 0 fully saturated rings. The SMILES string of the molecule is COc1cccc(F)c1CCNC(=S)Nc1ccccn1. The maximum Gasteiger partial charge on any atom is 0.171 e. The molecule has 0 aliphatic rings. The molecule has 2 N–H and O–H groups in total. The highest BCUT2D eigenvalue weighted by Crippen LogP contribution is 2.21. The fourth-order valence-electron chi connectivity index (χ4n) is 1.87. The Morgan fingerprint density at radius 1 is 1.29 bits per heavy atom. The van der Waals surface area contributed by atoms with E-state index in [0.717, 1.165) is 0 Å². The van der Waals surface area contributed by atoms with Crippen molar-refractivity contribution >= 4 is 23.1 Å². The molecule has 0 saturated heterocycles. The predicted molar refractivity (Wildman–Crippen MR) is 85.1 cm³/mol. The lowest BCUT2D eigenvalue weighted by Gasteiger charge is -2.12. The molecule has 1 heterocycles. The molecule has 4 nitrogen and oxygen atoms in total. The number of hydrogen-bond donors (Lipinski definition) is 2. The Morgan fingerprint density at radius 2 is 2.14 bits per heavy atom. The molecule has 0 spiro atoms. The molecule has 2 rings (SSSR count). The predicted octanol–water partition coefficient (Wildman–Crippen LogP) is 2.76. The Morgan fingerprint density at radius 3 is 2.86 bits per heavy atom. The first-order valence-electron chi connectivity index (χ1n) is 6.48. The number of halogens is 1. The zero-order valence-corrected chi connectivity index (χ0v) is 12.4. The topological polar surface area (TPSA) is 46.2 Å². The van der Waals surface area contributed by atoms with E-state index < -0.39 is 0 Å². The smallest absolute Gasteiger partial charge is 0.171 e. The number of pyridine rings is 1. The van der Waals surface area contributed by atoms with Crippen molar-refractivity contribution in [3.05, 3.63) is 54.0 Å². The van der Waals surface area contributed by atoms with Gasteiger partial charge < -0.3 is 15.4 Å². The lowest BCUT2D eigenvalue weighted by atomic mass is 10.1. The summed E-state index contributed by atoms with van der Waals surface area (Å²) in [7, 11) is 1.53. The second-order valence-electron chi connectivity index (χ2n) is 4.27. The maximum atomic E-state index is 13.7. The van der Waals surface area contributed by atoms with E-state index in [0.29, 0.717) is 35.2 Å². The first-order chi connectivity index (χ1) is 10.2. The van der Waals surface area contributed by atoms with Gasteiger partial charge in [0.2, 0.25) is 0 Å². The highest BCUT2D eigenvalue weighted by Gasteiger charge is 2.08. The molecule has 21 heavy (non-hydrogen) atoms. The maximum absolute atomic E-state index is 13.7. The second kappa shape index (κ2) is 7.54. The number of methoxy groups -OCH3 is 1. The van der Waals surface area contributed by atoms with Crippen LogP contribution >= 0.6 is 12.2 Å². The van der Waals surface area contributed by atoms with Crippen LogP contribution in [0.2, 0.25) is 0 Å². The Balaban J connectivity index is 1.86. The van der Waals surface area contributed by atoms with E-state index in [-0.39, 0.29) is 5.82 Å². The van der Waals surface area contributed by atoms with E-state index in [2.05, 4.69) is 15.6 Å². The standard InChI is InChI=1S/C15H16FN3OS/c1-20-13-6-4-5-12(16)11(13)8-10-18-15(21)19-14-7-2-3-9-17-14/h2-7,9H,8,10H2,1H3,(H2,17,18,19,21). The van der Waals surface area contributed by atoms with Crippen LogP contribution in [0.3, 0.4) is 0 Å². The highest BCUT2D eigenvalue weighted by atomic mass is 32.1. The van der Waals surface area contributed by atoms with Gasteiger partial charge in [-0.1, -0.05) is 12.1 Å². The van der Waals surface area contributed by atoms with Crippen LogP contribution in [0, 0.1) is 5.82 Å². The molecule has 0 unspecified atom stereocenters. The molecule has 0 aliphatic carbocycles. The van der Waals surface area contributed by atoms with Crippen LogP contribution in [-0.4, -0.2) is 23.8 Å². The van der Waals surface area contributed by atoms with Crippen molar-refractivity contribution in [1.29, 1.82) is 0 Å². The fourth-order valence-corrected chi connectivity index (χ4v) is 2.08. The minimum atomic E-state index is -0.278. The van der Waals surface area contributed by atoms with Gasteiger partial charge in [-0.2, -0.15) is 0 Å². The number of thiocarbonyl (C=S) groups is 1. The first kappa shape index (κ1) is 15.2.